The largest absolute Gasteiger partial charge is 0.349 e. The lowest BCUT2D eigenvalue weighted by Gasteiger charge is -2.16. The highest BCUT2D eigenvalue weighted by atomic mass is 16.2. The van der Waals surface area contributed by atoms with Crippen LogP contribution in [0.25, 0.3) is 10.4 Å². The first-order valence-electron chi connectivity index (χ1n) is 5.71. The zero-order chi connectivity index (χ0) is 12.1. The molecule has 0 aromatic heterocycles. The summed E-state index contributed by atoms with van der Waals surface area (Å²) in [6, 6.07) is 9.33. The van der Waals surface area contributed by atoms with Crippen molar-refractivity contribution < 1.29 is 4.79 Å². The molecule has 0 spiro atoms. The van der Waals surface area contributed by atoms with Crippen molar-refractivity contribution in [3.63, 3.8) is 0 Å². The van der Waals surface area contributed by atoms with E-state index in [9.17, 15) is 4.79 Å². The first-order valence-corrected chi connectivity index (χ1v) is 5.71. The Morgan fingerprint density at radius 1 is 1.29 bits per heavy atom. The molecule has 5 heteroatoms. The Labute approximate surface area is 99.5 Å². The van der Waals surface area contributed by atoms with Crippen molar-refractivity contribution in [2.75, 3.05) is 0 Å². The molecule has 1 aliphatic heterocycles. The number of carbonyl (C=O) groups is 1. The van der Waals surface area contributed by atoms with Crippen molar-refractivity contribution in [2.24, 2.45) is 5.11 Å². The Kier molecular flexibility index (Phi) is 3.62. The third kappa shape index (κ3) is 2.77. The monoisotopic (exact) mass is 230 g/mol. The molecule has 1 saturated heterocycles. The lowest BCUT2D eigenvalue weighted by molar-refractivity contribution is -0.122. The van der Waals surface area contributed by atoms with E-state index in [4.69, 9.17) is 5.53 Å². The normalized spacial score (nSPS) is 24.4. The molecule has 1 aromatic carbocycles. The molecule has 2 atom stereocenters. The molecule has 1 aromatic rings. The van der Waals surface area contributed by atoms with Gasteiger partial charge in [-0.15, -0.1) is 0 Å². The van der Waals surface area contributed by atoms with Crippen LogP contribution >= 0.6 is 0 Å². The molecular weight excluding hydrogens is 216 g/mol. The van der Waals surface area contributed by atoms with Gasteiger partial charge in [-0.2, -0.15) is 0 Å². The Morgan fingerprint density at radius 3 is 2.76 bits per heavy atom. The first-order chi connectivity index (χ1) is 8.31. The van der Waals surface area contributed by atoms with Crippen molar-refractivity contribution in [3.05, 3.63) is 46.3 Å². The summed E-state index contributed by atoms with van der Waals surface area (Å²) in [5.74, 6) is -0.172. The minimum atomic E-state index is -0.561. The summed E-state index contributed by atoms with van der Waals surface area (Å²) >= 11 is 0. The van der Waals surface area contributed by atoms with Gasteiger partial charge < -0.3 is 5.32 Å². The zero-order valence-electron chi connectivity index (χ0n) is 9.41. The van der Waals surface area contributed by atoms with Crippen molar-refractivity contribution in [2.45, 2.75) is 31.3 Å². The fraction of sp³-hybridized carbons (Fsp3) is 0.417. The molecule has 0 radical (unpaired) electrons. The van der Waals surface area contributed by atoms with E-state index >= 15 is 0 Å². The minimum Gasteiger partial charge on any atom is -0.349 e. The van der Waals surface area contributed by atoms with E-state index in [-0.39, 0.29) is 11.9 Å². The molecule has 0 aliphatic carbocycles. The summed E-state index contributed by atoms with van der Waals surface area (Å²) in [5, 5.41) is 6.45. The number of benzene rings is 1. The standard InChI is InChI=1S/C12H14N4O/c13-16-15-11-8-4-7-10(14-12(11)17)9-5-2-1-3-6-9/h1-3,5-6,10-11H,4,7-8H2,(H,14,17). The second-order valence-electron chi connectivity index (χ2n) is 4.12. The molecule has 1 fully saturated rings. The fourth-order valence-corrected chi connectivity index (χ4v) is 2.09. The number of nitrogens with one attached hydrogen (secondary N) is 1. The van der Waals surface area contributed by atoms with Crippen LogP contribution in [0.3, 0.4) is 0 Å². The predicted molar refractivity (Wildman–Crippen MR) is 64.1 cm³/mol. The smallest absolute Gasteiger partial charge is 0.229 e. The summed E-state index contributed by atoms with van der Waals surface area (Å²) in [6.45, 7) is 0. The van der Waals surface area contributed by atoms with Crippen LogP contribution in [0.5, 0.6) is 0 Å². The Balaban J connectivity index is 2.13. The Hall–Kier alpha value is -2.00. The van der Waals surface area contributed by atoms with E-state index < -0.39 is 6.04 Å². The van der Waals surface area contributed by atoms with Crippen LogP contribution in [0, 0.1) is 0 Å². The summed E-state index contributed by atoms with van der Waals surface area (Å²) < 4.78 is 0. The molecule has 88 valence electrons. The Morgan fingerprint density at radius 2 is 2.06 bits per heavy atom. The van der Waals surface area contributed by atoms with Gasteiger partial charge >= 0.3 is 0 Å². The van der Waals surface area contributed by atoms with E-state index in [1.807, 2.05) is 30.3 Å². The van der Waals surface area contributed by atoms with Gasteiger partial charge in [0.2, 0.25) is 5.91 Å². The van der Waals surface area contributed by atoms with Crippen LogP contribution in [-0.2, 0) is 4.79 Å². The molecule has 1 N–H and O–H groups in total. The molecular formula is C12H14N4O. The number of hydrogen-bond acceptors (Lipinski definition) is 2. The molecule has 0 bridgehead atoms. The lowest BCUT2D eigenvalue weighted by atomic mass is 10.0. The van der Waals surface area contributed by atoms with Crippen LogP contribution in [0.2, 0.25) is 0 Å². The molecule has 5 nitrogen and oxygen atoms in total. The van der Waals surface area contributed by atoms with Gasteiger partial charge in [-0.25, -0.2) is 0 Å². The average molecular weight is 230 g/mol. The second-order valence-corrected chi connectivity index (χ2v) is 4.12. The van der Waals surface area contributed by atoms with Crippen LogP contribution in [0.4, 0.5) is 0 Å². The number of carbonyl (C=O) groups excluding carboxylic acids is 1. The van der Waals surface area contributed by atoms with E-state index in [2.05, 4.69) is 15.3 Å². The van der Waals surface area contributed by atoms with Gasteiger partial charge in [-0.3, -0.25) is 4.79 Å². The number of hydrogen-bond donors (Lipinski definition) is 1. The second kappa shape index (κ2) is 5.37. The summed E-state index contributed by atoms with van der Waals surface area (Å²) in [5.41, 5.74) is 9.49. The highest BCUT2D eigenvalue weighted by Gasteiger charge is 2.25. The van der Waals surface area contributed by atoms with Gasteiger partial charge in [-0.1, -0.05) is 41.9 Å². The maximum atomic E-state index is 11.8. The number of rotatable bonds is 2. The van der Waals surface area contributed by atoms with Gasteiger partial charge in [-0.05, 0) is 23.9 Å². The number of nitrogens with zero attached hydrogens (tertiary/aromatic N) is 3. The average Bonchev–Trinajstić information content (AvgIpc) is 2.54. The van der Waals surface area contributed by atoms with Crippen molar-refractivity contribution in [1.82, 2.24) is 5.32 Å². The minimum absolute atomic E-state index is 0.0302. The predicted octanol–water partition coefficient (Wildman–Crippen LogP) is 2.71. The molecule has 1 aliphatic rings. The van der Waals surface area contributed by atoms with Crippen molar-refractivity contribution >= 4 is 5.91 Å². The van der Waals surface area contributed by atoms with Gasteiger partial charge in [0.25, 0.3) is 0 Å². The van der Waals surface area contributed by atoms with E-state index in [1.54, 1.807) is 0 Å². The third-order valence-electron chi connectivity index (χ3n) is 2.98. The highest BCUT2D eigenvalue weighted by Crippen LogP contribution is 2.23. The van der Waals surface area contributed by atoms with Gasteiger partial charge in [0.05, 0.1) is 6.04 Å². The van der Waals surface area contributed by atoms with E-state index in [0.717, 1.165) is 18.4 Å². The number of amides is 1. The fourth-order valence-electron chi connectivity index (χ4n) is 2.09. The van der Waals surface area contributed by atoms with Crippen LogP contribution < -0.4 is 5.32 Å². The molecule has 0 saturated carbocycles. The van der Waals surface area contributed by atoms with Crippen LogP contribution in [0.15, 0.2) is 35.4 Å². The maximum absolute atomic E-state index is 11.8. The van der Waals surface area contributed by atoms with Gasteiger partial charge in [0.1, 0.15) is 6.04 Å². The van der Waals surface area contributed by atoms with E-state index in [0.29, 0.717) is 6.42 Å². The topological polar surface area (TPSA) is 77.9 Å². The zero-order valence-corrected chi connectivity index (χ0v) is 9.41. The molecule has 2 unspecified atom stereocenters. The summed E-state index contributed by atoms with van der Waals surface area (Å²) in [6.07, 6.45) is 2.38. The molecule has 1 heterocycles. The van der Waals surface area contributed by atoms with Crippen molar-refractivity contribution in [3.8, 4) is 0 Å². The highest BCUT2D eigenvalue weighted by molar-refractivity contribution is 5.82. The SMILES string of the molecule is [N-]=[N+]=NC1CCCC(c2ccccc2)NC1=O. The van der Waals surface area contributed by atoms with E-state index in [1.165, 1.54) is 0 Å². The van der Waals surface area contributed by atoms with Crippen LogP contribution in [0.1, 0.15) is 30.9 Å². The van der Waals surface area contributed by atoms with Gasteiger partial charge in [0.15, 0.2) is 0 Å². The summed E-state index contributed by atoms with van der Waals surface area (Å²) in [4.78, 5) is 14.5. The molecule has 1 amide bonds. The third-order valence-corrected chi connectivity index (χ3v) is 2.98. The van der Waals surface area contributed by atoms with Crippen LogP contribution in [-0.4, -0.2) is 11.9 Å². The summed E-state index contributed by atoms with van der Waals surface area (Å²) in [7, 11) is 0. The van der Waals surface area contributed by atoms with Gasteiger partial charge in [0, 0.05) is 4.91 Å². The number of azide groups is 1. The maximum Gasteiger partial charge on any atom is 0.229 e. The lowest BCUT2D eigenvalue weighted by Crippen LogP contribution is -2.33. The molecule has 2 rings (SSSR count). The Bertz CT molecular complexity index is 439. The molecule has 17 heavy (non-hydrogen) atoms. The first kappa shape index (κ1) is 11.5. The quantitative estimate of drug-likeness (QED) is 0.473. The van der Waals surface area contributed by atoms with Crippen molar-refractivity contribution in [1.29, 1.82) is 0 Å².